The van der Waals surface area contributed by atoms with E-state index in [-0.39, 0.29) is 18.7 Å². The third-order valence-corrected chi connectivity index (χ3v) is 4.50. The molecule has 1 saturated heterocycles. The first-order chi connectivity index (χ1) is 11.1. The molecule has 0 aliphatic carbocycles. The van der Waals surface area contributed by atoms with Crippen LogP contribution in [0.2, 0.25) is 0 Å². The highest BCUT2D eigenvalue weighted by atomic mass is 16.3. The summed E-state index contributed by atoms with van der Waals surface area (Å²) in [5.41, 5.74) is 1.31. The maximum atomic E-state index is 12.0. The molecule has 5 heteroatoms. The Hall–Kier alpha value is -1.59. The van der Waals surface area contributed by atoms with Gasteiger partial charge in [-0.1, -0.05) is 37.3 Å². The summed E-state index contributed by atoms with van der Waals surface area (Å²) in [7, 11) is 0. The van der Waals surface area contributed by atoms with Crippen molar-refractivity contribution in [2.24, 2.45) is 5.92 Å². The van der Waals surface area contributed by atoms with Crippen molar-refractivity contribution in [3.05, 3.63) is 35.9 Å². The second-order valence-electron chi connectivity index (χ2n) is 6.67. The van der Waals surface area contributed by atoms with Gasteiger partial charge in [-0.15, -0.1) is 0 Å². The quantitative estimate of drug-likeness (QED) is 0.720. The smallest absolute Gasteiger partial charge is 0.315 e. The zero-order valence-electron chi connectivity index (χ0n) is 14.2. The largest absolute Gasteiger partial charge is 0.396 e. The summed E-state index contributed by atoms with van der Waals surface area (Å²) in [4.78, 5) is 14.4. The van der Waals surface area contributed by atoms with E-state index in [1.54, 1.807) is 0 Å². The molecule has 3 unspecified atom stereocenters. The van der Waals surface area contributed by atoms with Crippen molar-refractivity contribution >= 4 is 6.03 Å². The molecule has 5 nitrogen and oxygen atoms in total. The van der Waals surface area contributed by atoms with Gasteiger partial charge in [-0.3, -0.25) is 4.90 Å². The van der Waals surface area contributed by atoms with Crippen LogP contribution in [0.4, 0.5) is 4.79 Å². The Kier molecular flexibility index (Phi) is 6.86. The molecule has 2 rings (SSSR count). The molecule has 0 saturated carbocycles. The Morgan fingerprint density at radius 1 is 1.39 bits per heavy atom. The Morgan fingerprint density at radius 3 is 2.83 bits per heavy atom. The summed E-state index contributed by atoms with van der Waals surface area (Å²) >= 11 is 0. The van der Waals surface area contributed by atoms with E-state index in [4.69, 9.17) is 5.11 Å². The molecule has 1 aromatic carbocycles. The van der Waals surface area contributed by atoms with Crippen LogP contribution >= 0.6 is 0 Å². The number of urea groups is 1. The molecule has 0 spiro atoms. The predicted octanol–water partition coefficient (Wildman–Crippen LogP) is 1.97. The first-order valence-electron chi connectivity index (χ1n) is 8.51. The van der Waals surface area contributed by atoms with Crippen molar-refractivity contribution in [1.29, 1.82) is 0 Å². The number of rotatable bonds is 7. The summed E-state index contributed by atoms with van der Waals surface area (Å²) in [5.74, 6) is 0.294. The van der Waals surface area contributed by atoms with Crippen LogP contribution in [0.25, 0.3) is 0 Å². The molecule has 2 amide bonds. The Balaban J connectivity index is 1.74. The minimum atomic E-state index is -0.103. The minimum Gasteiger partial charge on any atom is -0.396 e. The standard InChI is InChI=1S/C18H29N3O2/c1-14(8-9-22)11-19-18(23)20-17-10-15(2)21(13-17)12-16-6-4-3-5-7-16/h3-7,14-15,17,22H,8-13H2,1-2H3,(H2,19,20,23). The van der Waals surface area contributed by atoms with Gasteiger partial charge in [-0.25, -0.2) is 4.79 Å². The van der Waals surface area contributed by atoms with E-state index >= 15 is 0 Å². The van der Waals surface area contributed by atoms with Gasteiger partial charge in [0.25, 0.3) is 0 Å². The number of aliphatic hydroxyl groups excluding tert-OH is 1. The molecule has 23 heavy (non-hydrogen) atoms. The molecule has 1 heterocycles. The zero-order chi connectivity index (χ0) is 16.7. The fourth-order valence-electron chi connectivity index (χ4n) is 3.07. The molecule has 0 aromatic heterocycles. The van der Waals surface area contributed by atoms with Gasteiger partial charge in [0.15, 0.2) is 0 Å². The van der Waals surface area contributed by atoms with E-state index < -0.39 is 0 Å². The maximum Gasteiger partial charge on any atom is 0.315 e. The Bertz CT molecular complexity index is 480. The number of carbonyl (C=O) groups excluding carboxylic acids is 1. The van der Waals surface area contributed by atoms with Crippen LogP contribution in [0.5, 0.6) is 0 Å². The predicted molar refractivity (Wildman–Crippen MR) is 92.1 cm³/mol. The van der Waals surface area contributed by atoms with Gasteiger partial charge < -0.3 is 15.7 Å². The van der Waals surface area contributed by atoms with Crippen LogP contribution in [0.15, 0.2) is 30.3 Å². The number of aliphatic hydroxyl groups is 1. The van der Waals surface area contributed by atoms with Crippen LogP contribution in [0.3, 0.4) is 0 Å². The monoisotopic (exact) mass is 319 g/mol. The molecule has 3 atom stereocenters. The third kappa shape index (κ3) is 5.84. The second kappa shape index (κ2) is 8.89. The van der Waals surface area contributed by atoms with Crippen LogP contribution in [0.1, 0.15) is 32.3 Å². The lowest BCUT2D eigenvalue weighted by molar-refractivity contribution is 0.229. The van der Waals surface area contributed by atoms with Gasteiger partial charge >= 0.3 is 6.03 Å². The summed E-state index contributed by atoms with van der Waals surface area (Å²) in [5, 5.41) is 14.8. The molecule has 1 fully saturated rings. The van der Waals surface area contributed by atoms with Crippen molar-refractivity contribution < 1.29 is 9.90 Å². The number of amides is 2. The van der Waals surface area contributed by atoms with Crippen molar-refractivity contribution in [3.63, 3.8) is 0 Å². The number of likely N-dealkylation sites (tertiary alicyclic amines) is 1. The zero-order valence-corrected chi connectivity index (χ0v) is 14.2. The highest BCUT2D eigenvalue weighted by Crippen LogP contribution is 2.20. The van der Waals surface area contributed by atoms with Gasteiger partial charge in [-0.05, 0) is 31.2 Å². The van der Waals surface area contributed by atoms with Crippen molar-refractivity contribution in [2.45, 2.75) is 45.3 Å². The summed E-state index contributed by atoms with van der Waals surface area (Å²) in [6.45, 7) is 6.81. The molecule has 1 aliphatic rings. The molecular formula is C18H29N3O2. The minimum absolute atomic E-state index is 0.103. The first-order valence-corrected chi connectivity index (χ1v) is 8.51. The number of nitrogens with zero attached hydrogens (tertiary/aromatic N) is 1. The average molecular weight is 319 g/mol. The summed E-state index contributed by atoms with van der Waals surface area (Å²) in [6.07, 6.45) is 1.69. The van der Waals surface area contributed by atoms with Gasteiger partial charge in [0.2, 0.25) is 0 Å². The molecule has 1 aliphatic heterocycles. The number of hydrogen-bond donors (Lipinski definition) is 3. The SMILES string of the molecule is CC(CCO)CNC(=O)NC1CC(C)N(Cc2ccccc2)C1. The molecule has 0 bridgehead atoms. The lowest BCUT2D eigenvalue weighted by Gasteiger charge is -2.21. The van der Waals surface area contributed by atoms with Crippen molar-refractivity contribution in [3.8, 4) is 0 Å². The highest BCUT2D eigenvalue weighted by Gasteiger charge is 2.29. The summed E-state index contributed by atoms with van der Waals surface area (Å²) in [6, 6.07) is 11.0. The van der Waals surface area contributed by atoms with Gasteiger partial charge in [0.1, 0.15) is 0 Å². The molecule has 3 N–H and O–H groups in total. The van der Waals surface area contributed by atoms with Crippen molar-refractivity contribution in [2.75, 3.05) is 19.7 Å². The number of nitrogens with one attached hydrogen (secondary N) is 2. The lowest BCUT2D eigenvalue weighted by atomic mass is 10.1. The third-order valence-electron chi connectivity index (χ3n) is 4.50. The van der Waals surface area contributed by atoms with Crippen LogP contribution < -0.4 is 10.6 Å². The van der Waals surface area contributed by atoms with Gasteiger partial charge in [0, 0.05) is 38.3 Å². The summed E-state index contributed by atoms with van der Waals surface area (Å²) < 4.78 is 0. The lowest BCUT2D eigenvalue weighted by Crippen LogP contribution is -2.44. The van der Waals surface area contributed by atoms with Crippen LogP contribution in [-0.4, -0.2) is 47.8 Å². The van der Waals surface area contributed by atoms with Crippen molar-refractivity contribution in [1.82, 2.24) is 15.5 Å². The normalized spacial score (nSPS) is 22.7. The molecule has 128 valence electrons. The van der Waals surface area contributed by atoms with E-state index in [2.05, 4.69) is 46.7 Å². The Morgan fingerprint density at radius 2 is 2.13 bits per heavy atom. The van der Waals surface area contributed by atoms with Gasteiger partial charge in [-0.2, -0.15) is 0 Å². The van der Waals surface area contributed by atoms with Crippen LogP contribution in [-0.2, 0) is 6.54 Å². The molecule has 0 radical (unpaired) electrons. The first kappa shape index (κ1) is 17.8. The van der Waals surface area contributed by atoms with Gasteiger partial charge in [0.05, 0.1) is 0 Å². The van der Waals surface area contributed by atoms with E-state index in [0.29, 0.717) is 24.9 Å². The number of hydrogen-bond acceptors (Lipinski definition) is 3. The van der Waals surface area contributed by atoms with E-state index in [1.165, 1.54) is 5.56 Å². The number of benzene rings is 1. The van der Waals surface area contributed by atoms with Crippen LogP contribution in [0, 0.1) is 5.92 Å². The molecule has 1 aromatic rings. The fourth-order valence-corrected chi connectivity index (χ4v) is 3.07. The van der Waals surface area contributed by atoms with E-state index in [0.717, 1.165) is 19.5 Å². The topological polar surface area (TPSA) is 64.6 Å². The average Bonchev–Trinajstić information content (AvgIpc) is 2.86. The number of carbonyl (C=O) groups is 1. The molecular weight excluding hydrogens is 290 g/mol. The fraction of sp³-hybridized carbons (Fsp3) is 0.611. The van der Waals surface area contributed by atoms with E-state index in [1.807, 2.05) is 13.0 Å². The second-order valence-corrected chi connectivity index (χ2v) is 6.67. The maximum absolute atomic E-state index is 12.0. The highest BCUT2D eigenvalue weighted by molar-refractivity contribution is 5.74. The van der Waals surface area contributed by atoms with E-state index in [9.17, 15) is 4.79 Å². The Labute approximate surface area is 139 Å².